The fraction of sp³-hybridized carbons (Fsp3) is 0.800. The van der Waals surface area contributed by atoms with Crippen molar-refractivity contribution in [2.45, 2.75) is 113 Å². The van der Waals surface area contributed by atoms with E-state index in [0.29, 0.717) is 10.8 Å². The molecule has 5 rings (SSSR count). The highest BCUT2D eigenvalue weighted by Gasteiger charge is 2.44. The van der Waals surface area contributed by atoms with Crippen LogP contribution in [-0.2, 0) is 11.3 Å². The van der Waals surface area contributed by atoms with Gasteiger partial charge >= 0.3 is 6.09 Å². The van der Waals surface area contributed by atoms with E-state index < -0.39 is 0 Å². The van der Waals surface area contributed by atoms with Crippen LogP contribution in [-0.4, -0.2) is 85.8 Å². The summed E-state index contributed by atoms with van der Waals surface area (Å²) in [5.74, 6) is 0. The van der Waals surface area contributed by atoms with Crippen LogP contribution >= 0.6 is 0 Å². The molecule has 6 nitrogen and oxygen atoms in total. The number of likely N-dealkylation sites (tertiary alicyclic amines) is 3. The fourth-order valence-electron chi connectivity index (χ4n) is 6.05. The first-order valence-corrected chi connectivity index (χ1v) is 16.7. The van der Waals surface area contributed by atoms with E-state index in [4.69, 9.17) is 4.74 Å². The van der Waals surface area contributed by atoms with E-state index in [1.165, 1.54) is 70.5 Å². The third kappa shape index (κ3) is 13.0. The second-order valence-electron chi connectivity index (χ2n) is 13.0. The molecule has 6 heteroatoms. The zero-order valence-electron chi connectivity index (χ0n) is 28.7. The van der Waals surface area contributed by atoms with E-state index >= 15 is 0 Å². The van der Waals surface area contributed by atoms with Gasteiger partial charge in [-0.2, -0.15) is 0 Å². The molecule has 1 aromatic rings. The van der Waals surface area contributed by atoms with E-state index in [2.05, 4.69) is 66.3 Å². The van der Waals surface area contributed by atoms with E-state index in [0.717, 1.165) is 32.5 Å². The SMILES string of the molecule is CC.CC.CCCC.CN1CC2(CCN(C(=O)OC(C)(C)C)CC2)C1.c1ccc(CN2CCC3(CCNC3)C2)cc1. The molecule has 4 saturated heterocycles. The van der Waals surface area contributed by atoms with Crippen LogP contribution in [0.25, 0.3) is 0 Å². The maximum Gasteiger partial charge on any atom is 0.410 e. The predicted octanol–water partition coefficient (Wildman–Crippen LogP) is 7.68. The Kier molecular flexibility index (Phi) is 17.2. The average Bonchev–Trinajstić information content (AvgIpc) is 3.59. The van der Waals surface area contributed by atoms with Crippen molar-refractivity contribution in [2.24, 2.45) is 10.8 Å². The molecular formula is C35H66N4O2. The highest BCUT2D eigenvalue weighted by molar-refractivity contribution is 5.68. The van der Waals surface area contributed by atoms with Gasteiger partial charge in [0.15, 0.2) is 0 Å². The number of ether oxygens (including phenoxy) is 1. The lowest BCUT2D eigenvalue weighted by atomic mass is 9.72. The largest absolute Gasteiger partial charge is 0.444 e. The number of carbonyl (C=O) groups excluding carboxylic acids is 1. The number of piperidine rings is 1. The zero-order chi connectivity index (χ0) is 30.9. The summed E-state index contributed by atoms with van der Waals surface area (Å²) >= 11 is 0. The summed E-state index contributed by atoms with van der Waals surface area (Å²) in [7, 11) is 2.16. The number of nitrogens with zero attached hydrogens (tertiary/aromatic N) is 3. The lowest BCUT2D eigenvalue weighted by Gasteiger charge is -2.52. The van der Waals surface area contributed by atoms with Crippen LogP contribution in [0.5, 0.6) is 0 Å². The molecule has 0 radical (unpaired) electrons. The van der Waals surface area contributed by atoms with Crippen molar-refractivity contribution < 1.29 is 9.53 Å². The van der Waals surface area contributed by atoms with Gasteiger partial charge in [0.25, 0.3) is 0 Å². The van der Waals surface area contributed by atoms with Crippen LogP contribution in [0.3, 0.4) is 0 Å². The zero-order valence-corrected chi connectivity index (χ0v) is 28.7. The Balaban J connectivity index is 0.000000328. The van der Waals surface area contributed by atoms with Crippen LogP contribution in [0.1, 0.15) is 106 Å². The molecule has 0 saturated carbocycles. The van der Waals surface area contributed by atoms with Crippen molar-refractivity contribution in [1.29, 1.82) is 0 Å². The average molecular weight is 575 g/mol. The molecule has 0 aromatic heterocycles. The summed E-state index contributed by atoms with van der Waals surface area (Å²) in [5.41, 5.74) is 2.16. The molecule has 41 heavy (non-hydrogen) atoms. The Labute approximate surface area is 254 Å². The molecule has 1 unspecified atom stereocenters. The minimum absolute atomic E-state index is 0.153. The fourth-order valence-corrected chi connectivity index (χ4v) is 6.05. The summed E-state index contributed by atoms with van der Waals surface area (Å²) in [6.07, 6.45) is 7.48. The molecule has 1 N–H and O–H groups in total. The van der Waals surface area contributed by atoms with Crippen molar-refractivity contribution in [3.05, 3.63) is 35.9 Å². The van der Waals surface area contributed by atoms with Crippen LogP contribution in [0, 0.1) is 10.8 Å². The van der Waals surface area contributed by atoms with Gasteiger partial charge in [-0.15, -0.1) is 0 Å². The number of amides is 1. The molecule has 1 amide bonds. The first-order chi connectivity index (χ1) is 19.6. The van der Waals surface area contributed by atoms with Gasteiger partial charge in [-0.05, 0) is 83.0 Å². The van der Waals surface area contributed by atoms with E-state index in [1.54, 1.807) is 0 Å². The minimum atomic E-state index is -0.386. The van der Waals surface area contributed by atoms with E-state index in [-0.39, 0.29) is 11.7 Å². The monoisotopic (exact) mass is 575 g/mol. The van der Waals surface area contributed by atoms with Crippen molar-refractivity contribution >= 4 is 6.09 Å². The molecule has 1 atom stereocenters. The second-order valence-corrected chi connectivity index (χ2v) is 13.0. The molecule has 4 aliphatic rings. The third-order valence-electron chi connectivity index (χ3n) is 8.28. The Morgan fingerprint density at radius 1 is 0.854 bits per heavy atom. The number of hydrogen-bond acceptors (Lipinski definition) is 5. The van der Waals surface area contributed by atoms with Gasteiger partial charge in [0.05, 0.1) is 0 Å². The van der Waals surface area contributed by atoms with Gasteiger partial charge in [0.2, 0.25) is 0 Å². The lowest BCUT2D eigenvalue weighted by molar-refractivity contribution is -0.0393. The summed E-state index contributed by atoms with van der Waals surface area (Å²) in [6, 6.07) is 10.8. The minimum Gasteiger partial charge on any atom is -0.444 e. The van der Waals surface area contributed by atoms with Crippen molar-refractivity contribution in [3.8, 4) is 0 Å². The second kappa shape index (κ2) is 18.8. The summed E-state index contributed by atoms with van der Waals surface area (Å²) in [4.78, 5) is 18.7. The van der Waals surface area contributed by atoms with Gasteiger partial charge in [-0.3, -0.25) is 4.90 Å². The molecular weight excluding hydrogens is 508 g/mol. The van der Waals surface area contributed by atoms with Gasteiger partial charge in [-0.25, -0.2) is 4.79 Å². The van der Waals surface area contributed by atoms with Crippen molar-refractivity contribution in [3.63, 3.8) is 0 Å². The summed E-state index contributed by atoms with van der Waals surface area (Å²) in [6.45, 7) is 28.3. The van der Waals surface area contributed by atoms with Crippen LogP contribution < -0.4 is 5.32 Å². The normalized spacial score (nSPS) is 23.0. The lowest BCUT2D eigenvalue weighted by Crippen LogP contribution is -2.59. The topological polar surface area (TPSA) is 48.1 Å². The first-order valence-electron chi connectivity index (χ1n) is 16.7. The van der Waals surface area contributed by atoms with Crippen molar-refractivity contribution in [1.82, 2.24) is 20.0 Å². The summed E-state index contributed by atoms with van der Waals surface area (Å²) in [5, 5.41) is 3.51. The standard InChI is InChI=1S/C14H20N2.C13H24N2O2.C4H10.2C2H6/c1-2-4-13(5-3-1)10-16-9-7-14(12-16)6-8-15-11-14;1-12(2,3)17-11(16)15-7-5-13(6-8-15)9-14(4)10-13;1-3-4-2;2*1-2/h1-5,15H,6-12H2;5-10H2,1-4H3;3-4H2,1-2H3;2*1-2H3. The number of carbonyl (C=O) groups is 1. The highest BCUT2D eigenvalue weighted by atomic mass is 16.6. The number of benzene rings is 1. The van der Waals surface area contributed by atoms with Crippen molar-refractivity contribution in [2.75, 3.05) is 59.4 Å². The number of rotatable bonds is 3. The smallest absolute Gasteiger partial charge is 0.410 e. The van der Waals surface area contributed by atoms with Crippen LogP contribution in [0.15, 0.2) is 30.3 Å². The molecule has 4 heterocycles. The van der Waals surface area contributed by atoms with Gasteiger partial charge in [-0.1, -0.05) is 84.7 Å². The van der Waals surface area contributed by atoms with Gasteiger partial charge in [0, 0.05) is 45.8 Å². The van der Waals surface area contributed by atoms with E-state index in [9.17, 15) is 4.79 Å². The summed E-state index contributed by atoms with van der Waals surface area (Å²) < 4.78 is 5.39. The molecule has 2 spiro atoms. The third-order valence-corrected chi connectivity index (χ3v) is 8.28. The molecule has 4 fully saturated rings. The maximum atomic E-state index is 11.9. The van der Waals surface area contributed by atoms with Gasteiger partial charge < -0.3 is 19.9 Å². The maximum absolute atomic E-state index is 11.9. The Morgan fingerprint density at radius 3 is 1.88 bits per heavy atom. The molecule has 0 bridgehead atoms. The van der Waals surface area contributed by atoms with Gasteiger partial charge in [0.1, 0.15) is 5.60 Å². The first kappa shape index (κ1) is 37.4. The van der Waals surface area contributed by atoms with Crippen LogP contribution in [0.2, 0.25) is 0 Å². The Morgan fingerprint density at radius 2 is 1.41 bits per heavy atom. The van der Waals surface area contributed by atoms with E-state index in [1.807, 2.05) is 53.4 Å². The number of hydrogen-bond donors (Lipinski definition) is 1. The van der Waals surface area contributed by atoms with Crippen LogP contribution in [0.4, 0.5) is 4.79 Å². The highest BCUT2D eigenvalue weighted by Crippen LogP contribution is 2.39. The molecule has 1 aromatic carbocycles. The molecule has 4 aliphatic heterocycles. The quantitative estimate of drug-likeness (QED) is 0.401. The number of nitrogens with one attached hydrogen (secondary N) is 1. The Hall–Kier alpha value is -1.63. The molecule has 238 valence electrons. The number of unbranched alkanes of at least 4 members (excludes halogenated alkanes) is 1. The predicted molar refractivity (Wildman–Crippen MR) is 177 cm³/mol. The molecule has 0 aliphatic carbocycles. The Bertz CT molecular complexity index is 799.